The molecule has 0 fully saturated rings. The fraction of sp³-hybridized carbons (Fsp3) is 0.0417. The van der Waals surface area contributed by atoms with Gasteiger partial charge in [0.1, 0.15) is 11.5 Å². The van der Waals surface area contributed by atoms with Gasteiger partial charge in [0, 0.05) is 17.3 Å². The summed E-state index contributed by atoms with van der Waals surface area (Å²) in [5.41, 5.74) is 6.72. The van der Waals surface area contributed by atoms with E-state index in [2.05, 4.69) is 10.5 Å². The van der Waals surface area contributed by atoms with Crippen LogP contribution in [0.15, 0.2) is 90.2 Å². The number of hydrazone groups is 1. The number of rotatable bonds is 5. The molecule has 0 aliphatic rings. The summed E-state index contributed by atoms with van der Waals surface area (Å²) in [5.74, 6) is -1.21. The lowest BCUT2D eigenvalue weighted by Crippen LogP contribution is -2.18. The van der Waals surface area contributed by atoms with Crippen molar-refractivity contribution in [2.45, 2.75) is 6.92 Å². The van der Waals surface area contributed by atoms with Crippen molar-refractivity contribution in [2.24, 2.45) is 5.10 Å². The third-order valence-electron chi connectivity index (χ3n) is 4.64. The highest BCUT2D eigenvalue weighted by Crippen LogP contribution is 2.23. The molecule has 3 aromatic carbocycles. The summed E-state index contributed by atoms with van der Waals surface area (Å²) in [6.07, 6.45) is 3.37. The van der Waals surface area contributed by atoms with Gasteiger partial charge in [-0.05, 0) is 30.7 Å². The van der Waals surface area contributed by atoms with Crippen molar-refractivity contribution in [1.82, 2.24) is 15.2 Å². The predicted molar refractivity (Wildman–Crippen MR) is 115 cm³/mol. The Kier molecular flexibility index (Phi) is 5.48. The number of nitrogens with one attached hydrogen (secondary N) is 1. The van der Waals surface area contributed by atoms with Crippen LogP contribution in [0.3, 0.4) is 0 Å². The summed E-state index contributed by atoms with van der Waals surface area (Å²) >= 11 is 0. The number of amides is 1. The Morgan fingerprint density at radius 2 is 1.70 bits per heavy atom. The largest absolute Gasteiger partial charge is 0.274 e. The van der Waals surface area contributed by atoms with E-state index in [1.54, 1.807) is 10.7 Å². The molecule has 1 N–H and O–H groups in total. The van der Waals surface area contributed by atoms with E-state index < -0.39 is 11.7 Å². The van der Waals surface area contributed by atoms with E-state index >= 15 is 0 Å². The van der Waals surface area contributed by atoms with Crippen molar-refractivity contribution in [3.8, 4) is 16.9 Å². The number of para-hydroxylation sites is 1. The normalized spacial score (nSPS) is 11.0. The van der Waals surface area contributed by atoms with Crippen LogP contribution in [0.25, 0.3) is 16.9 Å². The third-order valence-corrected chi connectivity index (χ3v) is 4.64. The van der Waals surface area contributed by atoms with Gasteiger partial charge in [0.15, 0.2) is 0 Å². The van der Waals surface area contributed by atoms with E-state index in [1.165, 1.54) is 24.4 Å². The maximum atomic E-state index is 13.8. The van der Waals surface area contributed by atoms with E-state index in [9.17, 15) is 9.18 Å². The maximum Gasteiger partial charge on any atom is 0.274 e. The van der Waals surface area contributed by atoms with Gasteiger partial charge in [-0.15, -0.1) is 0 Å². The molecular weight excluding hydrogens is 379 g/mol. The van der Waals surface area contributed by atoms with Crippen LogP contribution in [0.2, 0.25) is 0 Å². The summed E-state index contributed by atoms with van der Waals surface area (Å²) in [5, 5.41) is 8.76. The summed E-state index contributed by atoms with van der Waals surface area (Å²) in [7, 11) is 0. The number of halogens is 1. The van der Waals surface area contributed by atoms with Gasteiger partial charge in [0.05, 0.1) is 17.5 Å². The second-order valence-electron chi connectivity index (χ2n) is 6.71. The second kappa shape index (κ2) is 8.53. The molecule has 0 bridgehead atoms. The number of carbonyl (C=O) groups excluding carboxylic acids is 1. The molecule has 0 radical (unpaired) electrons. The summed E-state index contributed by atoms with van der Waals surface area (Å²) < 4.78 is 15.6. The molecule has 0 saturated heterocycles. The van der Waals surface area contributed by atoms with Gasteiger partial charge in [-0.3, -0.25) is 4.79 Å². The van der Waals surface area contributed by atoms with Crippen LogP contribution in [0.4, 0.5) is 4.39 Å². The quantitative estimate of drug-likeness (QED) is 0.390. The van der Waals surface area contributed by atoms with Gasteiger partial charge in [0.2, 0.25) is 0 Å². The topological polar surface area (TPSA) is 59.3 Å². The zero-order valence-corrected chi connectivity index (χ0v) is 16.3. The summed E-state index contributed by atoms with van der Waals surface area (Å²) in [6, 6.07) is 23.4. The average Bonchev–Trinajstić information content (AvgIpc) is 3.19. The van der Waals surface area contributed by atoms with Crippen molar-refractivity contribution >= 4 is 12.1 Å². The lowest BCUT2D eigenvalue weighted by atomic mass is 10.1. The number of benzene rings is 3. The minimum absolute atomic E-state index is 0.0615. The summed E-state index contributed by atoms with van der Waals surface area (Å²) in [4.78, 5) is 12.2. The van der Waals surface area contributed by atoms with Gasteiger partial charge < -0.3 is 0 Å². The van der Waals surface area contributed by atoms with E-state index in [1.807, 2.05) is 67.7 Å². The molecule has 0 unspecified atom stereocenters. The molecule has 1 amide bonds. The lowest BCUT2D eigenvalue weighted by Gasteiger charge is -2.04. The highest BCUT2D eigenvalue weighted by atomic mass is 19.1. The van der Waals surface area contributed by atoms with Gasteiger partial charge in [0.25, 0.3) is 5.91 Å². The maximum absolute atomic E-state index is 13.8. The number of hydrogen-bond acceptors (Lipinski definition) is 3. The molecule has 6 heteroatoms. The Morgan fingerprint density at radius 3 is 2.47 bits per heavy atom. The minimum Gasteiger partial charge on any atom is -0.267 e. The molecule has 30 heavy (non-hydrogen) atoms. The van der Waals surface area contributed by atoms with Gasteiger partial charge >= 0.3 is 0 Å². The molecular formula is C24H19FN4O. The van der Waals surface area contributed by atoms with Crippen molar-refractivity contribution in [3.63, 3.8) is 0 Å². The van der Waals surface area contributed by atoms with Gasteiger partial charge in [-0.1, -0.05) is 60.7 Å². The number of nitrogens with zero attached hydrogens (tertiary/aromatic N) is 3. The SMILES string of the molecule is Cc1ccccc1-n1cc(/C=N\NC(=O)c2ccccc2F)c(-c2ccccc2)n1. The highest BCUT2D eigenvalue weighted by molar-refractivity contribution is 5.95. The first-order valence-electron chi connectivity index (χ1n) is 9.42. The van der Waals surface area contributed by atoms with Crippen LogP contribution in [0.1, 0.15) is 21.5 Å². The molecule has 4 rings (SSSR count). The monoisotopic (exact) mass is 398 g/mol. The molecule has 148 valence electrons. The zero-order valence-electron chi connectivity index (χ0n) is 16.3. The van der Waals surface area contributed by atoms with Gasteiger partial charge in [-0.2, -0.15) is 10.2 Å². The first kappa shape index (κ1) is 19.3. The average molecular weight is 398 g/mol. The standard InChI is InChI=1S/C24H19FN4O/c1-17-9-5-8-14-22(17)29-16-19(23(28-29)18-10-3-2-4-11-18)15-26-27-24(30)20-12-6-7-13-21(20)25/h2-16H,1H3,(H,27,30)/b26-15-. The van der Waals surface area contributed by atoms with Crippen molar-refractivity contribution in [3.05, 3.63) is 108 Å². The molecule has 4 aromatic rings. The Morgan fingerprint density at radius 1 is 1.00 bits per heavy atom. The minimum atomic E-state index is -0.614. The lowest BCUT2D eigenvalue weighted by molar-refractivity contribution is 0.0951. The summed E-state index contributed by atoms with van der Waals surface area (Å²) in [6.45, 7) is 2.02. The van der Waals surface area contributed by atoms with E-state index in [4.69, 9.17) is 5.10 Å². The van der Waals surface area contributed by atoms with E-state index in [-0.39, 0.29) is 5.56 Å². The molecule has 1 heterocycles. The van der Waals surface area contributed by atoms with Crippen LogP contribution < -0.4 is 5.43 Å². The number of aromatic nitrogens is 2. The van der Waals surface area contributed by atoms with Crippen LogP contribution >= 0.6 is 0 Å². The molecule has 0 saturated carbocycles. The predicted octanol–water partition coefficient (Wildman–Crippen LogP) is 4.75. The van der Waals surface area contributed by atoms with Crippen LogP contribution in [-0.4, -0.2) is 21.9 Å². The Hall–Kier alpha value is -4.06. The van der Waals surface area contributed by atoms with Crippen molar-refractivity contribution in [2.75, 3.05) is 0 Å². The molecule has 0 aliphatic heterocycles. The second-order valence-corrected chi connectivity index (χ2v) is 6.71. The fourth-order valence-electron chi connectivity index (χ4n) is 3.11. The van der Waals surface area contributed by atoms with Crippen LogP contribution in [0.5, 0.6) is 0 Å². The molecule has 0 atom stereocenters. The smallest absolute Gasteiger partial charge is 0.267 e. The van der Waals surface area contributed by atoms with Crippen LogP contribution in [-0.2, 0) is 0 Å². The molecule has 1 aromatic heterocycles. The Bertz CT molecular complexity index is 1210. The third kappa shape index (κ3) is 4.03. The highest BCUT2D eigenvalue weighted by Gasteiger charge is 2.13. The Labute approximate surface area is 173 Å². The molecule has 0 aliphatic carbocycles. The number of aryl methyl sites for hydroxylation is 1. The van der Waals surface area contributed by atoms with E-state index in [0.29, 0.717) is 0 Å². The van der Waals surface area contributed by atoms with Gasteiger partial charge in [-0.25, -0.2) is 14.5 Å². The van der Waals surface area contributed by atoms with Crippen molar-refractivity contribution < 1.29 is 9.18 Å². The zero-order chi connectivity index (χ0) is 20.9. The van der Waals surface area contributed by atoms with E-state index in [0.717, 1.165) is 28.1 Å². The number of carbonyl (C=O) groups is 1. The first-order valence-corrected chi connectivity index (χ1v) is 9.42. The first-order chi connectivity index (χ1) is 14.6. The number of hydrogen-bond donors (Lipinski definition) is 1. The van der Waals surface area contributed by atoms with Crippen molar-refractivity contribution in [1.29, 1.82) is 0 Å². The van der Waals surface area contributed by atoms with Crippen LogP contribution in [0, 0.1) is 12.7 Å². The molecule has 0 spiro atoms. The fourth-order valence-corrected chi connectivity index (χ4v) is 3.11. The molecule has 5 nitrogen and oxygen atoms in total. The Balaban J connectivity index is 1.66.